The van der Waals surface area contributed by atoms with Crippen LogP contribution in [0.4, 0.5) is 0 Å². The van der Waals surface area contributed by atoms with Gasteiger partial charge in [0.1, 0.15) is 24.1 Å². The predicted octanol–water partition coefficient (Wildman–Crippen LogP) is 1.46. The SMILES string of the molecule is CCCCCC[C@@H]1O[C@@H]2C3=C(O[C@@H]2[C@@H]1O)[C@H](O)CCC3=O. The molecule has 5 heteroatoms. The van der Waals surface area contributed by atoms with Crippen LogP contribution in [0.25, 0.3) is 0 Å². The number of hydrogen-bond donors (Lipinski definition) is 2. The van der Waals surface area contributed by atoms with Gasteiger partial charge in [0.25, 0.3) is 0 Å². The van der Waals surface area contributed by atoms with E-state index >= 15 is 0 Å². The fourth-order valence-corrected chi connectivity index (χ4v) is 3.55. The molecular formula is C16H24O5. The third-order valence-corrected chi connectivity index (χ3v) is 4.74. The van der Waals surface area contributed by atoms with Gasteiger partial charge < -0.3 is 19.7 Å². The van der Waals surface area contributed by atoms with Gasteiger partial charge >= 0.3 is 0 Å². The number of rotatable bonds is 5. The fraction of sp³-hybridized carbons (Fsp3) is 0.812. The van der Waals surface area contributed by atoms with Crippen molar-refractivity contribution in [1.29, 1.82) is 0 Å². The Hall–Kier alpha value is -0.910. The van der Waals surface area contributed by atoms with Gasteiger partial charge in [-0.1, -0.05) is 32.6 Å². The Morgan fingerprint density at radius 2 is 2.05 bits per heavy atom. The number of aliphatic hydroxyl groups excluding tert-OH is 2. The zero-order valence-electron chi connectivity index (χ0n) is 12.5. The van der Waals surface area contributed by atoms with E-state index in [1.54, 1.807) is 0 Å². The Bertz CT molecular complexity index is 444. The summed E-state index contributed by atoms with van der Waals surface area (Å²) in [7, 11) is 0. The summed E-state index contributed by atoms with van der Waals surface area (Å²) in [4.78, 5) is 12.1. The molecule has 0 unspecified atom stereocenters. The van der Waals surface area contributed by atoms with Crippen LogP contribution in [0.1, 0.15) is 51.9 Å². The molecular weight excluding hydrogens is 272 g/mol. The lowest BCUT2D eigenvalue weighted by Gasteiger charge is -2.22. The molecule has 3 aliphatic rings. The normalized spacial score (nSPS) is 38.4. The number of ether oxygens (including phenoxy) is 2. The minimum atomic E-state index is -0.734. The van der Waals surface area contributed by atoms with Crippen molar-refractivity contribution < 1.29 is 24.5 Å². The van der Waals surface area contributed by atoms with Gasteiger partial charge in [0.05, 0.1) is 11.7 Å². The lowest BCUT2D eigenvalue weighted by Crippen LogP contribution is -2.32. The average molecular weight is 296 g/mol. The van der Waals surface area contributed by atoms with Crippen molar-refractivity contribution in [2.45, 2.75) is 82.4 Å². The molecule has 0 spiro atoms. The maximum Gasteiger partial charge on any atom is 0.165 e. The van der Waals surface area contributed by atoms with E-state index in [-0.39, 0.29) is 11.9 Å². The molecule has 0 aromatic rings. The van der Waals surface area contributed by atoms with Crippen molar-refractivity contribution in [3.63, 3.8) is 0 Å². The Kier molecular flexibility index (Phi) is 4.33. The molecule has 2 N–H and O–H groups in total. The highest BCUT2D eigenvalue weighted by molar-refractivity contribution is 5.98. The van der Waals surface area contributed by atoms with Crippen LogP contribution in [0.15, 0.2) is 11.3 Å². The first kappa shape index (κ1) is 15.0. The van der Waals surface area contributed by atoms with E-state index in [1.807, 2.05) is 0 Å². The second-order valence-corrected chi connectivity index (χ2v) is 6.27. The maximum absolute atomic E-state index is 12.1. The Morgan fingerprint density at radius 3 is 2.81 bits per heavy atom. The summed E-state index contributed by atoms with van der Waals surface area (Å²) in [6.07, 6.45) is 3.27. The van der Waals surface area contributed by atoms with Crippen molar-refractivity contribution in [3.8, 4) is 0 Å². The van der Waals surface area contributed by atoms with Crippen molar-refractivity contribution in [2.24, 2.45) is 0 Å². The fourth-order valence-electron chi connectivity index (χ4n) is 3.55. The van der Waals surface area contributed by atoms with Gasteiger partial charge in [-0.3, -0.25) is 4.79 Å². The van der Waals surface area contributed by atoms with Crippen LogP contribution < -0.4 is 0 Å². The molecule has 0 aromatic heterocycles. The molecule has 0 saturated carbocycles. The average Bonchev–Trinajstić information content (AvgIpc) is 2.98. The van der Waals surface area contributed by atoms with Crippen molar-refractivity contribution >= 4 is 5.78 Å². The minimum Gasteiger partial charge on any atom is -0.486 e. The second-order valence-electron chi connectivity index (χ2n) is 6.27. The summed E-state index contributed by atoms with van der Waals surface area (Å²) in [6, 6.07) is 0. The quantitative estimate of drug-likeness (QED) is 0.751. The molecule has 21 heavy (non-hydrogen) atoms. The van der Waals surface area contributed by atoms with E-state index in [2.05, 4.69) is 6.92 Å². The summed E-state index contributed by atoms with van der Waals surface area (Å²) in [6.45, 7) is 2.16. The third-order valence-electron chi connectivity index (χ3n) is 4.74. The highest BCUT2D eigenvalue weighted by Crippen LogP contribution is 2.43. The highest BCUT2D eigenvalue weighted by Gasteiger charge is 2.55. The van der Waals surface area contributed by atoms with Crippen LogP contribution in [-0.2, 0) is 14.3 Å². The molecule has 1 fully saturated rings. The van der Waals surface area contributed by atoms with Crippen LogP contribution in [0.3, 0.4) is 0 Å². The molecule has 0 radical (unpaired) electrons. The number of Topliss-reactive ketones (excluding diaryl/α,β-unsaturated/α-hetero) is 1. The van der Waals surface area contributed by atoms with Crippen LogP contribution >= 0.6 is 0 Å². The molecule has 5 atom stereocenters. The molecule has 2 heterocycles. The number of aliphatic hydroxyl groups is 2. The number of fused-ring (bicyclic) bond motifs is 2. The van der Waals surface area contributed by atoms with Gasteiger partial charge in [-0.2, -0.15) is 0 Å². The summed E-state index contributed by atoms with van der Waals surface area (Å²) in [5.41, 5.74) is 0.467. The van der Waals surface area contributed by atoms with E-state index < -0.39 is 24.4 Å². The van der Waals surface area contributed by atoms with E-state index in [1.165, 1.54) is 12.8 Å². The summed E-state index contributed by atoms with van der Waals surface area (Å²) in [5, 5.41) is 20.3. The largest absolute Gasteiger partial charge is 0.486 e. The van der Waals surface area contributed by atoms with Gasteiger partial charge in [-0.05, 0) is 12.8 Å². The molecule has 1 aliphatic carbocycles. The molecule has 1 saturated heterocycles. The Morgan fingerprint density at radius 1 is 1.24 bits per heavy atom. The van der Waals surface area contributed by atoms with E-state index in [0.717, 1.165) is 19.3 Å². The standard InChI is InChI=1S/C16H24O5/c1-2-3-4-5-6-11-13(19)16-15(20-11)12-9(17)7-8-10(18)14(12)21-16/h10-11,13,15-16,18-19H,2-8H2,1H3/t10-,11+,13-,15-,16-/m1/s1. The molecule has 5 nitrogen and oxygen atoms in total. The zero-order valence-corrected chi connectivity index (χ0v) is 12.5. The first-order chi connectivity index (χ1) is 10.1. The Labute approximate surface area is 124 Å². The molecule has 0 amide bonds. The predicted molar refractivity (Wildman–Crippen MR) is 75.6 cm³/mol. The van der Waals surface area contributed by atoms with Gasteiger partial charge in [-0.25, -0.2) is 0 Å². The van der Waals surface area contributed by atoms with Gasteiger partial charge in [-0.15, -0.1) is 0 Å². The lowest BCUT2D eigenvalue weighted by atomic mass is 9.91. The van der Waals surface area contributed by atoms with Crippen LogP contribution in [0, 0.1) is 0 Å². The number of ketones is 1. The van der Waals surface area contributed by atoms with E-state index in [4.69, 9.17) is 9.47 Å². The van der Waals surface area contributed by atoms with Crippen LogP contribution in [-0.4, -0.2) is 46.5 Å². The monoisotopic (exact) mass is 296 g/mol. The minimum absolute atomic E-state index is 0.0124. The van der Waals surface area contributed by atoms with Crippen molar-refractivity contribution in [2.75, 3.05) is 0 Å². The van der Waals surface area contributed by atoms with E-state index in [0.29, 0.717) is 24.2 Å². The van der Waals surface area contributed by atoms with Gasteiger partial charge in [0.15, 0.2) is 11.9 Å². The van der Waals surface area contributed by atoms with Crippen molar-refractivity contribution in [3.05, 3.63) is 11.3 Å². The second kappa shape index (κ2) is 6.07. The number of hydrogen-bond acceptors (Lipinski definition) is 5. The molecule has 118 valence electrons. The number of carbonyl (C=O) groups excluding carboxylic acids is 1. The third kappa shape index (κ3) is 2.62. The lowest BCUT2D eigenvalue weighted by molar-refractivity contribution is -0.118. The first-order valence-electron chi connectivity index (χ1n) is 8.09. The smallest absolute Gasteiger partial charge is 0.165 e. The van der Waals surface area contributed by atoms with Gasteiger partial charge in [0.2, 0.25) is 0 Å². The Balaban J connectivity index is 1.66. The number of carbonyl (C=O) groups is 1. The number of unbranched alkanes of at least 4 members (excludes halogenated alkanes) is 3. The first-order valence-corrected chi connectivity index (χ1v) is 8.09. The topological polar surface area (TPSA) is 76.0 Å². The van der Waals surface area contributed by atoms with Crippen molar-refractivity contribution in [1.82, 2.24) is 0 Å². The highest BCUT2D eigenvalue weighted by atomic mass is 16.6. The van der Waals surface area contributed by atoms with E-state index in [9.17, 15) is 15.0 Å². The molecule has 0 aromatic carbocycles. The van der Waals surface area contributed by atoms with Gasteiger partial charge in [0, 0.05) is 6.42 Å². The maximum atomic E-state index is 12.1. The zero-order chi connectivity index (χ0) is 15.0. The van der Waals surface area contributed by atoms with Crippen LogP contribution in [0.2, 0.25) is 0 Å². The molecule has 3 rings (SSSR count). The van der Waals surface area contributed by atoms with Crippen LogP contribution in [0.5, 0.6) is 0 Å². The summed E-state index contributed by atoms with van der Waals surface area (Å²) >= 11 is 0. The summed E-state index contributed by atoms with van der Waals surface area (Å²) in [5.74, 6) is 0.325. The molecule has 0 bridgehead atoms. The molecule has 2 aliphatic heterocycles. The summed E-state index contributed by atoms with van der Waals surface area (Å²) < 4.78 is 11.6.